The number of methoxy groups -OCH3 is 1. The zero-order chi connectivity index (χ0) is 22.9. The molecule has 1 aromatic rings. The van der Waals surface area contributed by atoms with Crippen LogP contribution in [-0.4, -0.2) is 63.1 Å². The zero-order valence-electron chi connectivity index (χ0n) is 19.6. The van der Waals surface area contributed by atoms with E-state index in [0.717, 1.165) is 18.4 Å². The Morgan fingerprint density at radius 1 is 0.935 bits per heavy atom. The molecule has 0 aliphatic rings. The molecule has 1 amide bonds. The van der Waals surface area contributed by atoms with Crippen LogP contribution in [0.2, 0.25) is 0 Å². The van der Waals surface area contributed by atoms with E-state index in [1.54, 1.807) is 11.8 Å². The molecular formula is C24H39NO6. The molecule has 31 heavy (non-hydrogen) atoms. The van der Waals surface area contributed by atoms with Crippen LogP contribution in [0.1, 0.15) is 58.4 Å². The Bertz CT molecular complexity index is 619. The van der Waals surface area contributed by atoms with E-state index in [0.29, 0.717) is 45.1 Å². The molecule has 176 valence electrons. The molecule has 0 spiro atoms. The van der Waals surface area contributed by atoms with Gasteiger partial charge < -0.3 is 23.8 Å². The lowest BCUT2D eigenvalue weighted by Crippen LogP contribution is -2.35. The van der Waals surface area contributed by atoms with Crippen LogP contribution in [0.5, 0.6) is 5.75 Å². The summed E-state index contributed by atoms with van der Waals surface area (Å²) in [5.74, 6) is 0.364. The maximum atomic E-state index is 12.0. The Balaban J connectivity index is 2.49. The zero-order valence-corrected chi connectivity index (χ0v) is 19.6. The summed E-state index contributed by atoms with van der Waals surface area (Å²) >= 11 is 0. The van der Waals surface area contributed by atoms with Gasteiger partial charge in [-0.1, -0.05) is 44.7 Å². The number of rotatable bonds is 16. The minimum Gasteiger partial charge on any atom is -0.492 e. The van der Waals surface area contributed by atoms with Gasteiger partial charge in [0, 0.05) is 19.6 Å². The van der Waals surface area contributed by atoms with Crippen LogP contribution in [0.25, 0.3) is 0 Å². The van der Waals surface area contributed by atoms with Gasteiger partial charge in [0.1, 0.15) is 12.4 Å². The largest absolute Gasteiger partial charge is 0.492 e. The second kappa shape index (κ2) is 16.4. The number of hydrogen-bond acceptors (Lipinski definition) is 6. The van der Waals surface area contributed by atoms with E-state index in [2.05, 4.69) is 6.92 Å². The Kier molecular flexibility index (Phi) is 14.2. The van der Waals surface area contributed by atoms with Crippen molar-refractivity contribution in [2.75, 3.05) is 40.0 Å². The third kappa shape index (κ3) is 11.1. The van der Waals surface area contributed by atoms with Crippen LogP contribution >= 0.6 is 0 Å². The van der Waals surface area contributed by atoms with Crippen molar-refractivity contribution in [1.29, 1.82) is 0 Å². The molecule has 0 bridgehead atoms. The van der Waals surface area contributed by atoms with E-state index < -0.39 is 6.10 Å². The number of carbonyl (C=O) groups excluding carboxylic acids is 2. The van der Waals surface area contributed by atoms with E-state index in [9.17, 15) is 9.59 Å². The molecular weight excluding hydrogens is 398 g/mol. The summed E-state index contributed by atoms with van der Waals surface area (Å²) in [6.45, 7) is 8.11. The standard InChI is InChI=1S/C24H39NO6/c1-5-8-9-10-11-16-25(24(27)28-4)17-18-31-21-14-12-20(13-15-21)19-22(29-6-2)23(26)30-7-3/h12-15,22H,5-11,16-19H2,1-4H3. The molecule has 0 saturated carbocycles. The van der Waals surface area contributed by atoms with Gasteiger partial charge in [-0.15, -0.1) is 0 Å². The predicted octanol–water partition coefficient (Wildman–Crippen LogP) is 4.61. The van der Waals surface area contributed by atoms with Gasteiger partial charge in [0.15, 0.2) is 6.10 Å². The van der Waals surface area contributed by atoms with E-state index in [4.69, 9.17) is 18.9 Å². The molecule has 0 saturated heterocycles. The highest BCUT2D eigenvalue weighted by Crippen LogP contribution is 2.15. The Labute approximate surface area is 187 Å². The Morgan fingerprint density at radius 2 is 1.65 bits per heavy atom. The minimum atomic E-state index is -0.609. The molecule has 0 aliphatic heterocycles. The third-order valence-electron chi connectivity index (χ3n) is 4.86. The Hall–Kier alpha value is -2.28. The van der Waals surface area contributed by atoms with Crippen molar-refractivity contribution in [3.63, 3.8) is 0 Å². The normalized spacial score (nSPS) is 11.6. The molecule has 1 atom stereocenters. The van der Waals surface area contributed by atoms with E-state index >= 15 is 0 Å². The van der Waals surface area contributed by atoms with Gasteiger partial charge in [-0.25, -0.2) is 9.59 Å². The first-order valence-electron chi connectivity index (χ1n) is 11.4. The van der Waals surface area contributed by atoms with Gasteiger partial charge in [-0.3, -0.25) is 0 Å². The first kappa shape index (κ1) is 26.8. The van der Waals surface area contributed by atoms with Crippen molar-refractivity contribution < 1.29 is 28.5 Å². The molecule has 0 aromatic heterocycles. The SMILES string of the molecule is CCCCCCCN(CCOc1ccc(CC(OCC)C(=O)OCC)cc1)C(=O)OC. The number of benzene rings is 1. The summed E-state index contributed by atoms with van der Waals surface area (Å²) in [6.07, 6.45) is 5.20. The highest BCUT2D eigenvalue weighted by atomic mass is 16.6. The second-order valence-electron chi connectivity index (χ2n) is 7.26. The highest BCUT2D eigenvalue weighted by Gasteiger charge is 2.20. The number of unbranched alkanes of at least 4 members (excludes halogenated alkanes) is 4. The summed E-state index contributed by atoms with van der Waals surface area (Å²) in [4.78, 5) is 25.7. The number of nitrogens with zero attached hydrogens (tertiary/aromatic N) is 1. The smallest absolute Gasteiger partial charge is 0.409 e. The average molecular weight is 438 g/mol. The van der Waals surface area contributed by atoms with Crippen LogP contribution in [-0.2, 0) is 25.4 Å². The molecule has 1 rings (SSSR count). The van der Waals surface area contributed by atoms with Gasteiger partial charge in [0.25, 0.3) is 0 Å². The minimum absolute atomic E-state index is 0.324. The molecule has 0 radical (unpaired) electrons. The molecule has 7 heteroatoms. The summed E-state index contributed by atoms with van der Waals surface area (Å²) in [5.41, 5.74) is 0.960. The van der Waals surface area contributed by atoms with Crippen LogP contribution in [0.4, 0.5) is 4.79 Å². The van der Waals surface area contributed by atoms with Crippen molar-refractivity contribution >= 4 is 12.1 Å². The lowest BCUT2D eigenvalue weighted by molar-refractivity contribution is -0.156. The van der Waals surface area contributed by atoms with Crippen LogP contribution < -0.4 is 4.74 Å². The van der Waals surface area contributed by atoms with Gasteiger partial charge in [0.05, 0.1) is 20.3 Å². The maximum Gasteiger partial charge on any atom is 0.409 e. The summed E-state index contributed by atoms with van der Waals surface area (Å²) in [7, 11) is 1.40. The third-order valence-corrected chi connectivity index (χ3v) is 4.86. The molecule has 0 heterocycles. The molecule has 0 fully saturated rings. The van der Waals surface area contributed by atoms with Crippen molar-refractivity contribution in [2.24, 2.45) is 0 Å². The number of esters is 1. The molecule has 1 unspecified atom stereocenters. The first-order chi connectivity index (χ1) is 15.0. The average Bonchev–Trinajstić information content (AvgIpc) is 2.78. The van der Waals surface area contributed by atoms with Crippen LogP contribution in [0, 0.1) is 0 Å². The van der Waals surface area contributed by atoms with Gasteiger partial charge in [-0.2, -0.15) is 0 Å². The fourth-order valence-electron chi connectivity index (χ4n) is 3.19. The van der Waals surface area contributed by atoms with Crippen LogP contribution in [0.15, 0.2) is 24.3 Å². The lowest BCUT2D eigenvalue weighted by atomic mass is 10.1. The number of amides is 1. The van der Waals surface area contributed by atoms with E-state index in [1.807, 2.05) is 31.2 Å². The summed E-state index contributed by atoms with van der Waals surface area (Å²) < 4.78 is 21.3. The quantitative estimate of drug-likeness (QED) is 0.278. The van der Waals surface area contributed by atoms with E-state index in [-0.39, 0.29) is 12.1 Å². The number of carbonyl (C=O) groups is 2. The molecule has 0 N–H and O–H groups in total. The number of hydrogen-bond donors (Lipinski definition) is 0. The van der Waals surface area contributed by atoms with Crippen LogP contribution in [0.3, 0.4) is 0 Å². The van der Waals surface area contributed by atoms with Crippen molar-refractivity contribution in [3.05, 3.63) is 29.8 Å². The fourth-order valence-corrected chi connectivity index (χ4v) is 3.19. The maximum absolute atomic E-state index is 12.0. The Morgan fingerprint density at radius 3 is 2.26 bits per heavy atom. The second-order valence-corrected chi connectivity index (χ2v) is 7.26. The van der Waals surface area contributed by atoms with Gasteiger partial charge in [0.2, 0.25) is 0 Å². The van der Waals surface area contributed by atoms with Gasteiger partial charge in [-0.05, 0) is 38.0 Å². The van der Waals surface area contributed by atoms with Crippen molar-refractivity contribution in [1.82, 2.24) is 4.90 Å². The molecule has 0 aliphatic carbocycles. The van der Waals surface area contributed by atoms with Crippen molar-refractivity contribution in [3.8, 4) is 5.75 Å². The van der Waals surface area contributed by atoms with E-state index in [1.165, 1.54) is 26.4 Å². The summed E-state index contributed by atoms with van der Waals surface area (Å²) in [6, 6.07) is 7.53. The summed E-state index contributed by atoms with van der Waals surface area (Å²) in [5, 5.41) is 0. The lowest BCUT2D eigenvalue weighted by Gasteiger charge is -2.21. The highest BCUT2D eigenvalue weighted by molar-refractivity contribution is 5.75. The topological polar surface area (TPSA) is 74.3 Å². The molecule has 1 aromatic carbocycles. The van der Waals surface area contributed by atoms with Gasteiger partial charge >= 0.3 is 12.1 Å². The predicted molar refractivity (Wildman–Crippen MR) is 120 cm³/mol. The monoisotopic (exact) mass is 437 g/mol. The number of ether oxygens (including phenoxy) is 4. The first-order valence-corrected chi connectivity index (χ1v) is 11.4. The fraction of sp³-hybridized carbons (Fsp3) is 0.667. The molecule has 7 nitrogen and oxygen atoms in total. The van der Waals surface area contributed by atoms with Crippen molar-refractivity contribution in [2.45, 2.75) is 65.4 Å².